The van der Waals surface area contributed by atoms with Gasteiger partial charge in [-0.15, -0.1) is 0 Å². The molecule has 0 atom stereocenters. The molecule has 0 saturated heterocycles. The van der Waals surface area contributed by atoms with Crippen molar-refractivity contribution in [2.75, 3.05) is 5.75 Å². The smallest absolute Gasteiger partial charge is 0.185 e. The number of aryl methyl sites for hydroxylation is 1. The Labute approximate surface area is 152 Å². The zero-order valence-corrected chi connectivity index (χ0v) is 15.6. The molecule has 5 nitrogen and oxygen atoms in total. The SMILES string of the molecule is CCCCCCn1c(SCC(=O)C(C#N)=C(C)N)nc2ccccc21. The van der Waals surface area contributed by atoms with Crippen LogP contribution in [0.15, 0.2) is 40.7 Å². The number of carbonyl (C=O) groups is 1. The molecule has 2 rings (SSSR count). The monoisotopic (exact) mass is 356 g/mol. The molecule has 0 bridgehead atoms. The van der Waals surface area contributed by atoms with Crippen LogP contribution >= 0.6 is 11.8 Å². The molecule has 2 aromatic rings. The maximum absolute atomic E-state index is 12.2. The first-order chi connectivity index (χ1) is 12.1. The number of nitrogens with two attached hydrogens (primary N) is 1. The number of nitriles is 1. The molecule has 0 radical (unpaired) electrons. The first-order valence-corrected chi connectivity index (χ1v) is 9.54. The highest BCUT2D eigenvalue weighted by atomic mass is 32.2. The second kappa shape index (κ2) is 9.28. The number of unbranched alkanes of at least 4 members (excludes halogenated alkanes) is 3. The van der Waals surface area contributed by atoms with Crippen LogP contribution in [0.2, 0.25) is 0 Å². The van der Waals surface area contributed by atoms with Gasteiger partial charge in [0.05, 0.1) is 16.8 Å². The first kappa shape index (κ1) is 19.1. The standard InChI is InChI=1S/C19H24N4OS/c1-3-4-5-8-11-23-17-10-7-6-9-16(17)22-19(23)25-13-18(24)15(12-20)14(2)21/h6-7,9-10H,3-5,8,11,13,21H2,1-2H3. The highest BCUT2D eigenvalue weighted by Gasteiger charge is 2.16. The summed E-state index contributed by atoms with van der Waals surface area (Å²) in [7, 11) is 0. The molecule has 0 unspecified atom stereocenters. The van der Waals surface area contributed by atoms with Crippen LogP contribution in [0.4, 0.5) is 0 Å². The van der Waals surface area contributed by atoms with Gasteiger partial charge in [0, 0.05) is 12.2 Å². The van der Waals surface area contributed by atoms with Crippen molar-refractivity contribution in [1.82, 2.24) is 9.55 Å². The Morgan fingerprint density at radius 3 is 2.76 bits per heavy atom. The number of thioether (sulfide) groups is 1. The van der Waals surface area contributed by atoms with Crippen LogP contribution in [0.25, 0.3) is 11.0 Å². The van der Waals surface area contributed by atoms with E-state index in [1.165, 1.54) is 31.0 Å². The minimum atomic E-state index is -0.253. The summed E-state index contributed by atoms with van der Waals surface area (Å²) in [6, 6.07) is 9.89. The Bertz CT molecular complexity index is 812. The Hall–Kier alpha value is -2.26. The number of hydrogen-bond donors (Lipinski definition) is 1. The summed E-state index contributed by atoms with van der Waals surface area (Å²) >= 11 is 1.37. The summed E-state index contributed by atoms with van der Waals surface area (Å²) in [6.07, 6.45) is 4.68. The second-order valence-corrected chi connectivity index (χ2v) is 6.92. The van der Waals surface area contributed by atoms with E-state index in [9.17, 15) is 4.79 Å². The highest BCUT2D eigenvalue weighted by Crippen LogP contribution is 2.25. The first-order valence-electron chi connectivity index (χ1n) is 8.56. The van der Waals surface area contributed by atoms with Crippen LogP contribution in [0.5, 0.6) is 0 Å². The minimum absolute atomic E-state index is 0.0399. The van der Waals surface area contributed by atoms with Gasteiger partial charge in [0.2, 0.25) is 0 Å². The van der Waals surface area contributed by atoms with Gasteiger partial charge in [-0.25, -0.2) is 4.98 Å². The van der Waals surface area contributed by atoms with E-state index in [2.05, 4.69) is 22.5 Å². The van der Waals surface area contributed by atoms with Gasteiger partial charge in [-0.2, -0.15) is 5.26 Å². The van der Waals surface area contributed by atoms with Crippen LogP contribution in [0.1, 0.15) is 39.5 Å². The number of imidazole rings is 1. The lowest BCUT2D eigenvalue weighted by Gasteiger charge is -2.08. The molecule has 1 aromatic carbocycles. The number of rotatable bonds is 9. The van der Waals surface area contributed by atoms with Crippen molar-refractivity contribution < 1.29 is 4.79 Å². The predicted octanol–water partition coefficient (Wildman–Crippen LogP) is 4.03. The fraction of sp³-hybridized carbons (Fsp3) is 0.421. The molecule has 0 aliphatic carbocycles. The quantitative estimate of drug-likeness (QED) is 0.317. The van der Waals surface area contributed by atoms with Crippen molar-refractivity contribution in [2.45, 2.75) is 51.2 Å². The molecule has 0 aliphatic heterocycles. The number of nitrogens with zero attached hydrogens (tertiary/aromatic N) is 3. The molecule has 0 amide bonds. The van der Waals surface area contributed by atoms with E-state index >= 15 is 0 Å². The van der Waals surface area contributed by atoms with Gasteiger partial charge in [0.1, 0.15) is 11.6 Å². The molecule has 0 spiro atoms. The lowest BCUT2D eigenvalue weighted by atomic mass is 10.2. The number of ketones is 1. The van der Waals surface area contributed by atoms with Crippen molar-refractivity contribution in [1.29, 1.82) is 5.26 Å². The van der Waals surface area contributed by atoms with Gasteiger partial charge in [0.25, 0.3) is 0 Å². The number of allylic oxidation sites excluding steroid dienone is 2. The van der Waals surface area contributed by atoms with Crippen molar-refractivity contribution in [3.8, 4) is 6.07 Å². The molecule has 0 fully saturated rings. The minimum Gasteiger partial charge on any atom is -0.401 e. The Morgan fingerprint density at radius 2 is 2.08 bits per heavy atom. The van der Waals surface area contributed by atoms with Crippen LogP contribution in [-0.4, -0.2) is 21.1 Å². The third kappa shape index (κ3) is 4.86. The van der Waals surface area contributed by atoms with Crippen LogP contribution in [0.3, 0.4) is 0 Å². The fourth-order valence-electron chi connectivity index (χ4n) is 2.65. The molecule has 1 aromatic heterocycles. The largest absolute Gasteiger partial charge is 0.401 e. The van der Waals surface area contributed by atoms with E-state index in [4.69, 9.17) is 11.0 Å². The van der Waals surface area contributed by atoms with Crippen molar-refractivity contribution >= 4 is 28.6 Å². The van der Waals surface area contributed by atoms with Gasteiger partial charge in [-0.3, -0.25) is 4.79 Å². The number of aromatic nitrogens is 2. The molecular formula is C19H24N4OS. The average molecular weight is 356 g/mol. The maximum Gasteiger partial charge on any atom is 0.185 e. The third-order valence-corrected chi connectivity index (χ3v) is 4.95. The third-order valence-electron chi connectivity index (χ3n) is 3.97. The molecule has 2 N–H and O–H groups in total. The second-order valence-electron chi connectivity index (χ2n) is 5.98. The van der Waals surface area contributed by atoms with Crippen LogP contribution in [-0.2, 0) is 11.3 Å². The number of fused-ring (bicyclic) bond motifs is 1. The van der Waals surface area contributed by atoms with Crippen LogP contribution in [0, 0.1) is 11.3 Å². The van der Waals surface area contributed by atoms with Gasteiger partial charge in [0.15, 0.2) is 10.9 Å². The zero-order valence-electron chi connectivity index (χ0n) is 14.8. The summed E-state index contributed by atoms with van der Waals surface area (Å²) in [5.74, 6) is -0.0903. The average Bonchev–Trinajstić information content (AvgIpc) is 2.95. The summed E-state index contributed by atoms with van der Waals surface area (Å²) in [5, 5.41) is 9.88. The predicted molar refractivity (Wildman–Crippen MR) is 102 cm³/mol. The normalized spacial score (nSPS) is 12.0. The number of para-hydroxylation sites is 2. The van der Waals surface area contributed by atoms with E-state index in [-0.39, 0.29) is 22.8 Å². The van der Waals surface area contributed by atoms with E-state index in [1.807, 2.05) is 24.3 Å². The Morgan fingerprint density at radius 1 is 1.32 bits per heavy atom. The van der Waals surface area contributed by atoms with Crippen molar-refractivity contribution in [3.63, 3.8) is 0 Å². The van der Waals surface area contributed by atoms with Crippen molar-refractivity contribution in [2.24, 2.45) is 5.73 Å². The topological polar surface area (TPSA) is 84.7 Å². The molecule has 6 heteroatoms. The maximum atomic E-state index is 12.2. The lowest BCUT2D eigenvalue weighted by molar-refractivity contribution is -0.112. The van der Waals surface area contributed by atoms with Gasteiger partial charge in [-0.05, 0) is 25.5 Å². The zero-order chi connectivity index (χ0) is 18.2. The molecular weight excluding hydrogens is 332 g/mol. The van der Waals surface area contributed by atoms with Crippen LogP contribution < -0.4 is 5.73 Å². The molecule has 25 heavy (non-hydrogen) atoms. The van der Waals surface area contributed by atoms with Gasteiger partial charge in [-0.1, -0.05) is 50.1 Å². The van der Waals surface area contributed by atoms with E-state index in [0.717, 1.165) is 29.2 Å². The van der Waals surface area contributed by atoms with Crippen molar-refractivity contribution in [3.05, 3.63) is 35.5 Å². The number of carbonyl (C=O) groups excluding carboxylic acids is 1. The Balaban J connectivity index is 2.18. The number of benzene rings is 1. The van der Waals surface area contributed by atoms with E-state index in [0.29, 0.717) is 0 Å². The summed E-state index contributed by atoms with van der Waals surface area (Å²) in [4.78, 5) is 16.9. The highest BCUT2D eigenvalue weighted by molar-refractivity contribution is 7.99. The summed E-state index contributed by atoms with van der Waals surface area (Å²) in [5.41, 5.74) is 7.93. The lowest BCUT2D eigenvalue weighted by Crippen LogP contribution is -2.11. The fourth-order valence-corrected chi connectivity index (χ4v) is 3.56. The summed E-state index contributed by atoms with van der Waals surface area (Å²) in [6.45, 7) is 4.65. The number of Topliss-reactive ketones (excluding diaryl/α,β-unsaturated/α-hetero) is 1. The van der Waals surface area contributed by atoms with E-state index < -0.39 is 0 Å². The van der Waals surface area contributed by atoms with E-state index in [1.54, 1.807) is 6.92 Å². The molecule has 1 heterocycles. The molecule has 0 aliphatic rings. The van der Waals surface area contributed by atoms with Gasteiger partial charge >= 0.3 is 0 Å². The molecule has 0 saturated carbocycles. The summed E-state index contributed by atoms with van der Waals surface area (Å²) < 4.78 is 2.17. The Kier molecular flexibility index (Phi) is 7.08. The molecule has 132 valence electrons. The number of hydrogen-bond acceptors (Lipinski definition) is 5. The van der Waals surface area contributed by atoms with Gasteiger partial charge < -0.3 is 10.3 Å².